The van der Waals surface area contributed by atoms with Crippen molar-refractivity contribution >= 4 is 17.9 Å². The lowest BCUT2D eigenvalue weighted by Crippen LogP contribution is -2.52. The first-order valence-corrected chi connectivity index (χ1v) is 10.0. The van der Waals surface area contributed by atoms with E-state index in [0.29, 0.717) is 39.2 Å². The zero-order chi connectivity index (χ0) is 19.5. The predicted octanol–water partition coefficient (Wildman–Crippen LogP) is 1.06. The first kappa shape index (κ1) is 18.7. The minimum absolute atomic E-state index is 0.0364. The number of amides is 3. The summed E-state index contributed by atoms with van der Waals surface area (Å²) in [6.07, 6.45) is 4.74. The normalized spacial score (nSPS) is 23.2. The van der Waals surface area contributed by atoms with Gasteiger partial charge in [-0.1, -0.05) is 6.07 Å². The number of ether oxygens (including phenoxy) is 1. The molecule has 8 nitrogen and oxygen atoms in total. The van der Waals surface area contributed by atoms with E-state index in [4.69, 9.17) is 4.74 Å². The molecule has 3 aliphatic heterocycles. The smallest absolute Gasteiger partial charge is 0.410 e. The third-order valence-electron chi connectivity index (χ3n) is 5.93. The van der Waals surface area contributed by atoms with Crippen LogP contribution in [-0.4, -0.2) is 82.5 Å². The van der Waals surface area contributed by atoms with Crippen LogP contribution in [0, 0.1) is 0 Å². The molecule has 1 aromatic rings. The Hall–Kier alpha value is -2.64. The highest BCUT2D eigenvalue weighted by molar-refractivity contribution is 5.89. The number of pyridine rings is 1. The molecule has 0 aliphatic carbocycles. The molecule has 0 radical (unpaired) electrons. The van der Waals surface area contributed by atoms with Crippen LogP contribution in [0.3, 0.4) is 0 Å². The second kappa shape index (κ2) is 8.16. The molecule has 0 saturated carbocycles. The highest BCUT2D eigenvalue weighted by Crippen LogP contribution is 2.24. The minimum atomic E-state index is -0.371. The zero-order valence-electron chi connectivity index (χ0n) is 16.0. The van der Waals surface area contributed by atoms with E-state index in [1.807, 2.05) is 23.1 Å². The van der Waals surface area contributed by atoms with Crippen LogP contribution in [0.1, 0.15) is 31.4 Å². The van der Waals surface area contributed by atoms with Crippen LogP contribution in [0.15, 0.2) is 24.4 Å². The van der Waals surface area contributed by atoms with Crippen LogP contribution in [0.25, 0.3) is 0 Å². The van der Waals surface area contributed by atoms with Crippen molar-refractivity contribution in [1.29, 1.82) is 0 Å². The molecule has 150 valence electrons. The molecule has 1 atom stereocenters. The molecular weight excluding hydrogens is 360 g/mol. The summed E-state index contributed by atoms with van der Waals surface area (Å²) >= 11 is 0. The number of likely N-dealkylation sites (tertiary alicyclic amines) is 2. The number of hydrogen-bond donors (Lipinski definition) is 0. The average molecular weight is 386 g/mol. The van der Waals surface area contributed by atoms with E-state index >= 15 is 0 Å². The van der Waals surface area contributed by atoms with Gasteiger partial charge in [0, 0.05) is 37.6 Å². The van der Waals surface area contributed by atoms with Crippen LogP contribution in [0.5, 0.6) is 0 Å². The van der Waals surface area contributed by atoms with Crippen molar-refractivity contribution in [2.45, 2.75) is 44.2 Å². The SMILES string of the molecule is O=C([C@H]1CCCN1C(=O)Cc1ccccn1)N1CCC(N2CCOC2=O)CC1. The van der Waals surface area contributed by atoms with Gasteiger partial charge in [-0.3, -0.25) is 14.6 Å². The third kappa shape index (κ3) is 3.81. The molecule has 0 aromatic carbocycles. The Balaban J connectivity index is 1.33. The Morgan fingerprint density at radius 3 is 2.61 bits per heavy atom. The largest absolute Gasteiger partial charge is 0.448 e. The van der Waals surface area contributed by atoms with Crippen molar-refractivity contribution in [3.63, 3.8) is 0 Å². The van der Waals surface area contributed by atoms with Crippen LogP contribution >= 0.6 is 0 Å². The fourth-order valence-corrected chi connectivity index (χ4v) is 4.43. The minimum Gasteiger partial charge on any atom is -0.448 e. The quantitative estimate of drug-likeness (QED) is 0.773. The molecule has 0 N–H and O–H groups in total. The Morgan fingerprint density at radius 1 is 1.11 bits per heavy atom. The number of carbonyl (C=O) groups is 3. The average Bonchev–Trinajstić information content (AvgIpc) is 3.37. The molecule has 3 fully saturated rings. The van der Waals surface area contributed by atoms with E-state index in [2.05, 4.69) is 4.98 Å². The molecule has 4 heterocycles. The van der Waals surface area contributed by atoms with Crippen LogP contribution in [0.2, 0.25) is 0 Å². The Morgan fingerprint density at radius 2 is 1.93 bits per heavy atom. The van der Waals surface area contributed by atoms with Crippen molar-refractivity contribution in [1.82, 2.24) is 19.7 Å². The van der Waals surface area contributed by atoms with Gasteiger partial charge >= 0.3 is 6.09 Å². The number of rotatable bonds is 4. The fraction of sp³-hybridized carbons (Fsp3) is 0.600. The molecule has 0 bridgehead atoms. The summed E-state index contributed by atoms with van der Waals surface area (Å²) in [5.74, 6) is -0.00133. The standard InChI is InChI=1S/C20H26N4O4/c25-18(14-15-4-1-2-8-21-15)24-9-3-5-17(24)19(26)22-10-6-16(7-11-22)23-12-13-28-20(23)27/h1-2,4,8,16-17H,3,5-7,9-14H2/t17-/m1/s1. The van der Waals surface area contributed by atoms with Gasteiger partial charge < -0.3 is 19.4 Å². The van der Waals surface area contributed by atoms with Gasteiger partial charge in [-0.05, 0) is 37.8 Å². The summed E-state index contributed by atoms with van der Waals surface area (Å²) in [6, 6.07) is 5.29. The summed E-state index contributed by atoms with van der Waals surface area (Å²) in [5.41, 5.74) is 0.726. The highest BCUT2D eigenvalue weighted by atomic mass is 16.6. The number of carbonyl (C=O) groups excluding carboxylic acids is 3. The van der Waals surface area contributed by atoms with E-state index < -0.39 is 0 Å². The summed E-state index contributed by atoms with van der Waals surface area (Å²) in [7, 11) is 0. The van der Waals surface area contributed by atoms with Crippen molar-refractivity contribution in [3.05, 3.63) is 30.1 Å². The number of cyclic esters (lactones) is 1. The Bertz CT molecular complexity index is 733. The Labute approximate surface area is 164 Å². The van der Waals surface area contributed by atoms with Crippen molar-refractivity contribution < 1.29 is 19.1 Å². The molecule has 0 spiro atoms. The van der Waals surface area contributed by atoms with Gasteiger partial charge in [0.05, 0.1) is 13.0 Å². The van der Waals surface area contributed by atoms with E-state index in [1.54, 1.807) is 16.0 Å². The molecule has 3 aliphatic rings. The number of piperidine rings is 1. The highest BCUT2D eigenvalue weighted by Gasteiger charge is 2.39. The molecule has 1 aromatic heterocycles. The topological polar surface area (TPSA) is 83.1 Å². The van der Waals surface area contributed by atoms with Gasteiger partial charge in [0.1, 0.15) is 12.6 Å². The first-order valence-electron chi connectivity index (χ1n) is 10.0. The second-order valence-corrected chi connectivity index (χ2v) is 7.61. The van der Waals surface area contributed by atoms with Gasteiger partial charge in [-0.15, -0.1) is 0 Å². The molecule has 0 unspecified atom stereocenters. The van der Waals surface area contributed by atoms with Gasteiger partial charge in [0.2, 0.25) is 11.8 Å². The molecule has 3 amide bonds. The van der Waals surface area contributed by atoms with Gasteiger partial charge in [0.25, 0.3) is 0 Å². The number of aromatic nitrogens is 1. The van der Waals surface area contributed by atoms with E-state index in [0.717, 1.165) is 25.0 Å². The maximum absolute atomic E-state index is 13.1. The van der Waals surface area contributed by atoms with Crippen molar-refractivity contribution in [2.75, 3.05) is 32.8 Å². The van der Waals surface area contributed by atoms with E-state index in [1.165, 1.54) is 0 Å². The monoisotopic (exact) mass is 386 g/mol. The first-order chi connectivity index (χ1) is 13.6. The zero-order valence-corrected chi connectivity index (χ0v) is 16.0. The van der Waals surface area contributed by atoms with Crippen molar-refractivity contribution in [2.24, 2.45) is 0 Å². The lowest BCUT2D eigenvalue weighted by molar-refractivity contribution is -0.144. The second-order valence-electron chi connectivity index (χ2n) is 7.61. The lowest BCUT2D eigenvalue weighted by Gasteiger charge is -2.37. The summed E-state index contributed by atoms with van der Waals surface area (Å²) in [6.45, 7) is 2.94. The lowest BCUT2D eigenvalue weighted by atomic mass is 10.0. The van der Waals surface area contributed by atoms with Gasteiger partial charge in [-0.2, -0.15) is 0 Å². The van der Waals surface area contributed by atoms with Gasteiger partial charge in [0.15, 0.2) is 0 Å². The Kier molecular flexibility index (Phi) is 5.45. The molecule has 3 saturated heterocycles. The molecule has 28 heavy (non-hydrogen) atoms. The number of nitrogens with zero attached hydrogens (tertiary/aromatic N) is 4. The molecule has 8 heteroatoms. The van der Waals surface area contributed by atoms with Gasteiger partial charge in [-0.25, -0.2) is 4.79 Å². The number of hydrogen-bond acceptors (Lipinski definition) is 5. The van der Waals surface area contributed by atoms with Crippen LogP contribution < -0.4 is 0 Å². The third-order valence-corrected chi connectivity index (χ3v) is 5.93. The summed E-state index contributed by atoms with van der Waals surface area (Å²) in [5, 5.41) is 0. The van der Waals surface area contributed by atoms with Crippen LogP contribution in [-0.2, 0) is 20.7 Å². The maximum Gasteiger partial charge on any atom is 0.410 e. The summed E-state index contributed by atoms with van der Waals surface area (Å²) in [4.78, 5) is 47.1. The molecule has 4 rings (SSSR count). The molecular formula is C20H26N4O4. The van der Waals surface area contributed by atoms with E-state index in [9.17, 15) is 14.4 Å². The predicted molar refractivity (Wildman–Crippen MR) is 100 cm³/mol. The maximum atomic E-state index is 13.1. The van der Waals surface area contributed by atoms with Crippen LogP contribution in [0.4, 0.5) is 4.79 Å². The van der Waals surface area contributed by atoms with E-state index in [-0.39, 0.29) is 36.4 Å². The summed E-state index contributed by atoms with van der Waals surface area (Å²) < 4.78 is 5.02. The fourth-order valence-electron chi connectivity index (χ4n) is 4.43. The van der Waals surface area contributed by atoms with Crippen molar-refractivity contribution in [3.8, 4) is 0 Å².